The molecule has 27 heavy (non-hydrogen) atoms. The number of aromatic nitrogens is 2. The van der Waals surface area contributed by atoms with Crippen LogP contribution >= 0.6 is 11.3 Å². The maximum absolute atomic E-state index is 12.3. The molecule has 7 heteroatoms. The molecule has 3 rings (SSSR count). The normalized spacial score (nSPS) is 10.4. The van der Waals surface area contributed by atoms with Crippen LogP contribution in [0.15, 0.2) is 48.0 Å². The lowest BCUT2D eigenvalue weighted by atomic mass is 10.2. The third kappa shape index (κ3) is 5.04. The number of hydrogen-bond acceptors (Lipinski definition) is 6. The van der Waals surface area contributed by atoms with Crippen LogP contribution in [0.3, 0.4) is 0 Å². The zero-order valence-corrected chi connectivity index (χ0v) is 16.2. The highest BCUT2D eigenvalue weighted by Gasteiger charge is 2.12. The molecule has 0 atom stereocenters. The minimum Gasteiger partial charge on any atom is -0.496 e. The van der Waals surface area contributed by atoms with Crippen LogP contribution in [-0.4, -0.2) is 29.5 Å². The van der Waals surface area contributed by atoms with Gasteiger partial charge in [0.15, 0.2) is 0 Å². The summed E-state index contributed by atoms with van der Waals surface area (Å²) in [5, 5.41) is 8.13. The van der Waals surface area contributed by atoms with Crippen LogP contribution in [0.5, 0.6) is 5.75 Å². The smallest absolute Gasteiger partial charge is 0.254 e. The number of amides is 1. The summed E-state index contributed by atoms with van der Waals surface area (Å²) in [6.07, 6.45) is 2.38. The van der Waals surface area contributed by atoms with Gasteiger partial charge in [0.25, 0.3) is 5.91 Å². The number of nitrogens with one attached hydrogen (secondary N) is 2. The Kier molecular flexibility index (Phi) is 6.38. The first-order valence-corrected chi connectivity index (χ1v) is 9.55. The number of nitrogens with zero attached hydrogens (tertiary/aromatic N) is 2. The first-order chi connectivity index (χ1) is 13.2. The molecule has 1 aromatic carbocycles. The zero-order valence-electron chi connectivity index (χ0n) is 15.4. The molecule has 2 aromatic heterocycles. The molecule has 6 nitrogen and oxygen atoms in total. The topological polar surface area (TPSA) is 76.1 Å². The van der Waals surface area contributed by atoms with Gasteiger partial charge >= 0.3 is 0 Å². The molecule has 0 unspecified atom stereocenters. The standard InChI is InChI=1S/C20H22N4O2S/c1-14-17(19(25)21-10-9-16-7-5-11-27-16)13-23-20(24-14)22-12-15-6-3-4-8-18(15)26-2/h3-8,11,13H,9-10,12H2,1-2H3,(H,21,25)(H,22,23,24). The molecule has 1 amide bonds. The van der Waals surface area contributed by atoms with Crippen molar-refractivity contribution in [1.82, 2.24) is 15.3 Å². The Labute approximate surface area is 162 Å². The number of aryl methyl sites for hydroxylation is 1. The molecule has 0 aliphatic rings. The molecular weight excluding hydrogens is 360 g/mol. The van der Waals surface area contributed by atoms with Gasteiger partial charge in [0.1, 0.15) is 5.75 Å². The van der Waals surface area contributed by atoms with Crippen LogP contribution in [0.25, 0.3) is 0 Å². The van der Waals surface area contributed by atoms with Crippen molar-refractivity contribution >= 4 is 23.2 Å². The maximum atomic E-state index is 12.3. The number of anilines is 1. The van der Waals surface area contributed by atoms with E-state index in [4.69, 9.17) is 4.74 Å². The summed E-state index contributed by atoms with van der Waals surface area (Å²) in [6, 6.07) is 11.8. The van der Waals surface area contributed by atoms with Crippen LogP contribution in [0.4, 0.5) is 5.95 Å². The van der Waals surface area contributed by atoms with E-state index in [2.05, 4.69) is 26.7 Å². The van der Waals surface area contributed by atoms with Crippen molar-refractivity contribution in [3.05, 3.63) is 69.7 Å². The number of carbonyl (C=O) groups excluding carboxylic acids is 1. The highest BCUT2D eigenvalue weighted by atomic mass is 32.1. The summed E-state index contributed by atoms with van der Waals surface area (Å²) in [5.41, 5.74) is 2.14. The Morgan fingerprint density at radius 3 is 2.81 bits per heavy atom. The summed E-state index contributed by atoms with van der Waals surface area (Å²) >= 11 is 1.69. The number of benzene rings is 1. The molecule has 0 bridgehead atoms. The zero-order chi connectivity index (χ0) is 19.1. The number of rotatable bonds is 8. The summed E-state index contributed by atoms with van der Waals surface area (Å²) in [7, 11) is 1.64. The van der Waals surface area contributed by atoms with Gasteiger partial charge in [0.2, 0.25) is 5.95 Å². The molecule has 2 heterocycles. The Morgan fingerprint density at radius 2 is 2.07 bits per heavy atom. The SMILES string of the molecule is COc1ccccc1CNc1ncc(C(=O)NCCc2cccs2)c(C)n1. The van der Waals surface area contributed by atoms with Crippen LogP contribution in [-0.2, 0) is 13.0 Å². The highest BCUT2D eigenvalue weighted by molar-refractivity contribution is 7.09. The predicted octanol–water partition coefficient (Wildman–Crippen LogP) is 3.44. The highest BCUT2D eigenvalue weighted by Crippen LogP contribution is 2.18. The van der Waals surface area contributed by atoms with Crippen LogP contribution < -0.4 is 15.4 Å². The fourth-order valence-electron chi connectivity index (χ4n) is 2.65. The largest absolute Gasteiger partial charge is 0.496 e. The number of ether oxygens (including phenoxy) is 1. The minimum atomic E-state index is -0.152. The molecule has 2 N–H and O–H groups in total. The molecule has 0 saturated carbocycles. The molecule has 0 saturated heterocycles. The number of thiophene rings is 1. The van der Waals surface area contributed by atoms with E-state index in [0.717, 1.165) is 17.7 Å². The summed E-state index contributed by atoms with van der Waals surface area (Å²) in [5.74, 6) is 1.14. The molecule has 0 aliphatic heterocycles. The van der Waals surface area contributed by atoms with Crippen molar-refractivity contribution in [3.63, 3.8) is 0 Å². The second kappa shape index (κ2) is 9.14. The van der Waals surface area contributed by atoms with Gasteiger partial charge in [-0.2, -0.15) is 0 Å². The van der Waals surface area contributed by atoms with E-state index in [0.29, 0.717) is 30.3 Å². The van der Waals surface area contributed by atoms with E-state index in [9.17, 15) is 4.79 Å². The van der Waals surface area contributed by atoms with E-state index < -0.39 is 0 Å². The molecule has 0 radical (unpaired) electrons. The van der Waals surface area contributed by atoms with E-state index in [-0.39, 0.29) is 5.91 Å². The number of hydrogen-bond donors (Lipinski definition) is 2. The van der Waals surface area contributed by atoms with Gasteiger partial charge in [-0.05, 0) is 30.9 Å². The Morgan fingerprint density at radius 1 is 1.22 bits per heavy atom. The van der Waals surface area contributed by atoms with Crippen LogP contribution in [0.1, 0.15) is 26.5 Å². The maximum Gasteiger partial charge on any atom is 0.254 e. The average Bonchev–Trinajstić information content (AvgIpc) is 3.20. The van der Waals surface area contributed by atoms with Gasteiger partial charge in [-0.25, -0.2) is 9.97 Å². The molecule has 3 aromatic rings. The monoisotopic (exact) mass is 382 g/mol. The van der Waals surface area contributed by atoms with Gasteiger partial charge in [0.05, 0.1) is 18.4 Å². The van der Waals surface area contributed by atoms with Gasteiger partial charge < -0.3 is 15.4 Å². The molecular formula is C20H22N4O2S. The second-order valence-electron chi connectivity index (χ2n) is 5.94. The van der Waals surface area contributed by atoms with Crippen LogP contribution in [0.2, 0.25) is 0 Å². The van der Waals surface area contributed by atoms with Gasteiger partial charge in [-0.15, -0.1) is 11.3 Å². The summed E-state index contributed by atoms with van der Waals surface area (Å²) in [6.45, 7) is 2.94. The quantitative estimate of drug-likeness (QED) is 0.624. The fourth-order valence-corrected chi connectivity index (χ4v) is 3.36. The van der Waals surface area contributed by atoms with Crippen molar-refractivity contribution in [2.75, 3.05) is 19.0 Å². The van der Waals surface area contributed by atoms with Crippen LogP contribution in [0, 0.1) is 6.92 Å². The first kappa shape index (κ1) is 18.8. The second-order valence-corrected chi connectivity index (χ2v) is 6.98. The Hall–Kier alpha value is -2.93. The average molecular weight is 382 g/mol. The first-order valence-electron chi connectivity index (χ1n) is 8.67. The van der Waals surface area contributed by atoms with Gasteiger partial charge in [-0.3, -0.25) is 4.79 Å². The van der Waals surface area contributed by atoms with E-state index >= 15 is 0 Å². The summed E-state index contributed by atoms with van der Waals surface area (Å²) < 4.78 is 5.34. The van der Waals surface area contributed by atoms with Gasteiger partial charge in [0, 0.05) is 29.7 Å². The lowest BCUT2D eigenvalue weighted by Gasteiger charge is -2.11. The summed E-state index contributed by atoms with van der Waals surface area (Å²) in [4.78, 5) is 22.3. The third-order valence-electron chi connectivity index (χ3n) is 4.09. The third-order valence-corrected chi connectivity index (χ3v) is 5.03. The van der Waals surface area contributed by atoms with Crippen molar-refractivity contribution in [2.24, 2.45) is 0 Å². The molecule has 0 aliphatic carbocycles. The fraction of sp³-hybridized carbons (Fsp3) is 0.250. The van der Waals surface area contributed by atoms with Crippen molar-refractivity contribution in [1.29, 1.82) is 0 Å². The molecule has 0 fully saturated rings. The predicted molar refractivity (Wildman–Crippen MR) is 107 cm³/mol. The van der Waals surface area contributed by atoms with E-state index in [1.165, 1.54) is 4.88 Å². The number of carbonyl (C=O) groups is 1. The van der Waals surface area contributed by atoms with Crippen molar-refractivity contribution < 1.29 is 9.53 Å². The van der Waals surface area contributed by atoms with E-state index in [1.807, 2.05) is 42.6 Å². The van der Waals surface area contributed by atoms with E-state index in [1.54, 1.807) is 24.6 Å². The molecule has 140 valence electrons. The minimum absolute atomic E-state index is 0.152. The number of para-hydroxylation sites is 1. The molecule has 0 spiro atoms. The lowest BCUT2D eigenvalue weighted by molar-refractivity contribution is 0.0953. The Balaban J connectivity index is 1.57. The van der Waals surface area contributed by atoms with Crippen molar-refractivity contribution in [2.45, 2.75) is 19.9 Å². The number of methoxy groups -OCH3 is 1. The lowest BCUT2D eigenvalue weighted by Crippen LogP contribution is -2.26. The van der Waals surface area contributed by atoms with Crippen molar-refractivity contribution in [3.8, 4) is 5.75 Å². The van der Waals surface area contributed by atoms with Gasteiger partial charge in [-0.1, -0.05) is 24.3 Å². The Bertz CT molecular complexity index is 897.